The van der Waals surface area contributed by atoms with Gasteiger partial charge in [0, 0.05) is 13.1 Å². The summed E-state index contributed by atoms with van der Waals surface area (Å²) in [7, 11) is 0. The fourth-order valence-electron chi connectivity index (χ4n) is 2.12. The van der Waals surface area contributed by atoms with Gasteiger partial charge < -0.3 is 14.7 Å². The minimum Gasteiger partial charge on any atom is -0.394 e. The lowest BCUT2D eigenvalue weighted by Gasteiger charge is -2.42. The molecule has 0 bridgehead atoms. The average Bonchev–Trinajstić information content (AvgIpc) is 2.27. The Morgan fingerprint density at radius 1 is 1.59 bits per heavy atom. The van der Waals surface area contributed by atoms with E-state index in [1.165, 1.54) is 12.3 Å². The van der Waals surface area contributed by atoms with Gasteiger partial charge in [-0.1, -0.05) is 0 Å². The third kappa shape index (κ3) is 2.92. The lowest BCUT2D eigenvalue weighted by Crippen LogP contribution is -2.54. The molecule has 0 spiro atoms. The van der Waals surface area contributed by atoms with Crippen molar-refractivity contribution in [2.75, 3.05) is 24.6 Å². The van der Waals surface area contributed by atoms with Gasteiger partial charge in [0.05, 0.1) is 24.5 Å². The van der Waals surface area contributed by atoms with Gasteiger partial charge >= 0.3 is 0 Å². The van der Waals surface area contributed by atoms with E-state index < -0.39 is 0 Å². The number of nitrogens with zero attached hydrogens (tertiary/aromatic N) is 2. The van der Waals surface area contributed by atoms with Gasteiger partial charge in [0.25, 0.3) is 0 Å². The summed E-state index contributed by atoms with van der Waals surface area (Å²) in [4.78, 5) is 6.05. The molecule has 17 heavy (non-hydrogen) atoms. The number of halogens is 1. The summed E-state index contributed by atoms with van der Waals surface area (Å²) in [5.41, 5.74) is -0.346. The van der Waals surface area contributed by atoms with Crippen molar-refractivity contribution in [3.8, 4) is 0 Å². The Labute approximate surface area is 100 Å². The van der Waals surface area contributed by atoms with E-state index in [0.29, 0.717) is 18.9 Å². The summed E-state index contributed by atoms with van der Waals surface area (Å²) in [5, 5.41) is 9.20. The van der Waals surface area contributed by atoms with E-state index in [1.807, 2.05) is 18.7 Å². The van der Waals surface area contributed by atoms with E-state index in [9.17, 15) is 9.50 Å². The first-order valence-electron chi connectivity index (χ1n) is 5.65. The number of aliphatic hydroxyl groups is 1. The minimum absolute atomic E-state index is 0.0267. The highest BCUT2D eigenvalue weighted by Gasteiger charge is 2.33. The second kappa shape index (κ2) is 4.58. The molecule has 1 saturated heterocycles. The van der Waals surface area contributed by atoms with Gasteiger partial charge in [0.2, 0.25) is 0 Å². The molecule has 0 aliphatic carbocycles. The van der Waals surface area contributed by atoms with E-state index in [-0.39, 0.29) is 24.1 Å². The van der Waals surface area contributed by atoms with Gasteiger partial charge in [0.1, 0.15) is 11.6 Å². The van der Waals surface area contributed by atoms with Crippen molar-refractivity contribution < 1.29 is 14.2 Å². The highest BCUT2D eigenvalue weighted by atomic mass is 19.1. The number of ether oxygens (including phenoxy) is 1. The van der Waals surface area contributed by atoms with Crippen LogP contribution in [0.2, 0.25) is 0 Å². The van der Waals surface area contributed by atoms with Crippen LogP contribution in [0.1, 0.15) is 13.8 Å². The molecule has 1 unspecified atom stereocenters. The van der Waals surface area contributed by atoms with Gasteiger partial charge in [-0.3, -0.25) is 0 Å². The second-order valence-corrected chi connectivity index (χ2v) is 4.90. The Morgan fingerprint density at radius 3 is 2.94 bits per heavy atom. The summed E-state index contributed by atoms with van der Waals surface area (Å²) >= 11 is 0. The SMILES string of the molecule is CC1(C)CN(c2ccc(F)cn2)CC(CO)O1. The molecule has 1 fully saturated rings. The van der Waals surface area contributed by atoms with E-state index in [1.54, 1.807) is 6.07 Å². The standard InChI is InChI=1S/C12H17FN2O2/c1-12(2)8-15(6-10(7-16)17-12)11-4-3-9(13)5-14-11/h3-5,10,16H,6-8H2,1-2H3. The Kier molecular flexibility index (Phi) is 3.31. The van der Waals surface area contributed by atoms with Gasteiger partial charge in [-0.15, -0.1) is 0 Å². The summed E-state index contributed by atoms with van der Waals surface area (Å²) in [6.07, 6.45) is 0.969. The van der Waals surface area contributed by atoms with Crippen molar-refractivity contribution in [2.24, 2.45) is 0 Å². The Bertz CT molecular complexity index is 381. The maximum absolute atomic E-state index is 12.8. The zero-order valence-electron chi connectivity index (χ0n) is 10.1. The van der Waals surface area contributed by atoms with Crippen LogP contribution in [0.4, 0.5) is 10.2 Å². The predicted octanol–water partition coefficient (Wildman–Crippen LogP) is 1.20. The number of pyridine rings is 1. The van der Waals surface area contributed by atoms with Crippen molar-refractivity contribution >= 4 is 5.82 Å². The van der Waals surface area contributed by atoms with E-state index in [0.717, 1.165) is 0 Å². The zero-order valence-corrected chi connectivity index (χ0v) is 10.1. The third-order valence-electron chi connectivity index (χ3n) is 2.72. The van der Waals surface area contributed by atoms with Crippen LogP contribution in [-0.4, -0.2) is 41.5 Å². The van der Waals surface area contributed by atoms with Crippen molar-refractivity contribution in [3.63, 3.8) is 0 Å². The number of anilines is 1. The topological polar surface area (TPSA) is 45.6 Å². The van der Waals surface area contributed by atoms with Crippen LogP contribution < -0.4 is 4.90 Å². The van der Waals surface area contributed by atoms with Crippen molar-refractivity contribution in [2.45, 2.75) is 25.6 Å². The third-order valence-corrected chi connectivity index (χ3v) is 2.72. The molecule has 0 aromatic carbocycles. The number of hydrogen-bond donors (Lipinski definition) is 1. The molecule has 1 atom stereocenters. The lowest BCUT2D eigenvalue weighted by atomic mass is 10.1. The minimum atomic E-state index is -0.347. The largest absolute Gasteiger partial charge is 0.394 e. The molecule has 5 heteroatoms. The Morgan fingerprint density at radius 2 is 2.35 bits per heavy atom. The van der Waals surface area contributed by atoms with Crippen LogP contribution in [0.15, 0.2) is 18.3 Å². The molecular formula is C12H17FN2O2. The van der Waals surface area contributed by atoms with Crippen LogP contribution in [0.3, 0.4) is 0 Å². The molecule has 1 N–H and O–H groups in total. The maximum Gasteiger partial charge on any atom is 0.141 e. The van der Waals surface area contributed by atoms with E-state index >= 15 is 0 Å². The molecule has 1 aliphatic heterocycles. The quantitative estimate of drug-likeness (QED) is 0.843. The molecule has 2 rings (SSSR count). The fourth-order valence-corrected chi connectivity index (χ4v) is 2.12. The second-order valence-electron chi connectivity index (χ2n) is 4.90. The van der Waals surface area contributed by atoms with Crippen LogP contribution in [-0.2, 0) is 4.74 Å². The smallest absolute Gasteiger partial charge is 0.141 e. The first kappa shape index (κ1) is 12.3. The molecule has 0 radical (unpaired) electrons. The number of morpholine rings is 1. The average molecular weight is 240 g/mol. The zero-order chi connectivity index (χ0) is 12.5. The molecule has 4 nitrogen and oxygen atoms in total. The number of aromatic nitrogens is 1. The van der Waals surface area contributed by atoms with E-state index in [4.69, 9.17) is 4.74 Å². The maximum atomic E-state index is 12.8. The molecular weight excluding hydrogens is 223 g/mol. The molecule has 94 valence electrons. The highest BCUT2D eigenvalue weighted by Crippen LogP contribution is 2.24. The highest BCUT2D eigenvalue weighted by molar-refractivity contribution is 5.39. The first-order chi connectivity index (χ1) is 8.00. The van der Waals surface area contributed by atoms with E-state index in [2.05, 4.69) is 4.98 Å². The molecule has 0 amide bonds. The Hall–Kier alpha value is -1.20. The first-order valence-corrected chi connectivity index (χ1v) is 5.65. The van der Waals surface area contributed by atoms with Gasteiger partial charge in [0.15, 0.2) is 0 Å². The van der Waals surface area contributed by atoms with Gasteiger partial charge in [-0.25, -0.2) is 9.37 Å². The van der Waals surface area contributed by atoms with Crippen LogP contribution in [0.5, 0.6) is 0 Å². The summed E-state index contributed by atoms with van der Waals surface area (Å²) < 4.78 is 18.5. The molecule has 1 aromatic rings. The fraction of sp³-hybridized carbons (Fsp3) is 0.583. The summed E-state index contributed by atoms with van der Waals surface area (Å²) in [6.45, 7) is 5.14. The van der Waals surface area contributed by atoms with Crippen LogP contribution >= 0.6 is 0 Å². The number of hydrogen-bond acceptors (Lipinski definition) is 4. The molecule has 1 aromatic heterocycles. The Balaban J connectivity index is 2.17. The van der Waals surface area contributed by atoms with Gasteiger partial charge in [-0.05, 0) is 26.0 Å². The summed E-state index contributed by atoms with van der Waals surface area (Å²) in [5.74, 6) is 0.362. The predicted molar refractivity (Wildman–Crippen MR) is 62.4 cm³/mol. The molecule has 1 aliphatic rings. The monoisotopic (exact) mass is 240 g/mol. The number of rotatable bonds is 2. The van der Waals surface area contributed by atoms with Crippen LogP contribution in [0, 0.1) is 5.82 Å². The lowest BCUT2D eigenvalue weighted by molar-refractivity contribution is -0.101. The normalized spacial score (nSPS) is 23.8. The summed E-state index contributed by atoms with van der Waals surface area (Å²) in [6, 6.07) is 3.03. The van der Waals surface area contributed by atoms with Gasteiger partial charge in [-0.2, -0.15) is 0 Å². The van der Waals surface area contributed by atoms with Crippen molar-refractivity contribution in [1.29, 1.82) is 0 Å². The van der Waals surface area contributed by atoms with Crippen molar-refractivity contribution in [1.82, 2.24) is 4.98 Å². The van der Waals surface area contributed by atoms with Crippen molar-refractivity contribution in [3.05, 3.63) is 24.1 Å². The number of aliphatic hydroxyl groups excluding tert-OH is 1. The molecule has 2 heterocycles. The molecule has 0 saturated carbocycles. The van der Waals surface area contributed by atoms with Crippen LogP contribution in [0.25, 0.3) is 0 Å².